The summed E-state index contributed by atoms with van der Waals surface area (Å²) in [5.74, 6) is 0.386. The minimum Gasteiger partial charge on any atom is -0.508 e. The Kier molecular flexibility index (Phi) is 5.75. The topological polar surface area (TPSA) is 41.5 Å². The Morgan fingerprint density at radius 3 is 2.65 bits per heavy atom. The predicted octanol–water partition coefficient (Wildman–Crippen LogP) is 3.35. The quantitative estimate of drug-likeness (QED) is 0.844. The molecule has 1 fully saturated rings. The van der Waals surface area contributed by atoms with E-state index in [1.807, 2.05) is 30.0 Å². The number of para-hydroxylation sites is 1. The minimum absolute atomic E-state index is 0.211. The van der Waals surface area contributed by atoms with Gasteiger partial charge < -0.3 is 15.2 Å². The largest absolute Gasteiger partial charge is 0.508 e. The average Bonchev–Trinajstić information content (AvgIpc) is 2.50. The van der Waals surface area contributed by atoms with Gasteiger partial charge in [0.15, 0.2) is 0 Å². The van der Waals surface area contributed by atoms with Gasteiger partial charge in [-0.3, -0.25) is 0 Å². The van der Waals surface area contributed by atoms with Gasteiger partial charge in [0.05, 0.1) is 0 Å². The molecule has 0 saturated carbocycles. The zero-order valence-electron chi connectivity index (χ0n) is 12.4. The molecule has 0 aliphatic carbocycles. The number of aromatic hydroxyl groups is 1. The molecule has 2 N–H and O–H groups in total. The first-order chi connectivity index (χ1) is 9.71. The van der Waals surface area contributed by atoms with Gasteiger partial charge >= 0.3 is 0 Å². The standard InChI is InChI=1S/C16H25NO2S/c1-3-14(13-6-4-5-7-15(13)18)17-12-16(20-2)8-10-19-11-9-16/h4-7,14,17-18H,3,8-12H2,1-2H3. The van der Waals surface area contributed by atoms with Gasteiger partial charge in [0, 0.05) is 36.1 Å². The summed E-state index contributed by atoms with van der Waals surface area (Å²) in [4.78, 5) is 0. The Balaban J connectivity index is 2.01. The third-order valence-electron chi connectivity index (χ3n) is 4.23. The molecule has 0 bridgehead atoms. The Labute approximate surface area is 126 Å². The van der Waals surface area contributed by atoms with Crippen LogP contribution in [0.5, 0.6) is 5.75 Å². The molecule has 4 heteroatoms. The van der Waals surface area contributed by atoms with E-state index in [-0.39, 0.29) is 10.8 Å². The van der Waals surface area contributed by atoms with Gasteiger partial charge in [0.2, 0.25) is 0 Å². The molecule has 1 aliphatic rings. The Bertz CT molecular complexity index is 419. The maximum Gasteiger partial charge on any atom is 0.120 e. The molecular weight excluding hydrogens is 270 g/mol. The molecule has 3 nitrogen and oxygen atoms in total. The van der Waals surface area contributed by atoms with Gasteiger partial charge in [-0.1, -0.05) is 25.1 Å². The van der Waals surface area contributed by atoms with E-state index >= 15 is 0 Å². The average molecular weight is 295 g/mol. The first kappa shape index (κ1) is 15.7. The van der Waals surface area contributed by atoms with Gasteiger partial charge in [-0.05, 0) is 31.6 Å². The van der Waals surface area contributed by atoms with Crippen LogP contribution in [0.1, 0.15) is 37.8 Å². The lowest BCUT2D eigenvalue weighted by atomic mass is 9.97. The van der Waals surface area contributed by atoms with Crippen LogP contribution in [-0.2, 0) is 4.74 Å². The molecule has 1 aromatic carbocycles. The number of hydrogen-bond donors (Lipinski definition) is 2. The normalized spacial score (nSPS) is 19.7. The highest BCUT2D eigenvalue weighted by Crippen LogP contribution is 2.34. The van der Waals surface area contributed by atoms with E-state index in [0.29, 0.717) is 5.75 Å². The van der Waals surface area contributed by atoms with Crippen molar-refractivity contribution in [3.05, 3.63) is 29.8 Å². The zero-order chi connectivity index (χ0) is 14.4. The third kappa shape index (κ3) is 3.68. The maximum atomic E-state index is 10.0. The number of nitrogens with one attached hydrogen (secondary N) is 1. The summed E-state index contributed by atoms with van der Waals surface area (Å²) >= 11 is 1.94. The van der Waals surface area contributed by atoms with Crippen LogP contribution in [0.3, 0.4) is 0 Å². The fourth-order valence-corrected chi connectivity index (χ4v) is 3.56. The summed E-state index contributed by atoms with van der Waals surface area (Å²) in [6, 6.07) is 7.83. The van der Waals surface area contributed by atoms with Crippen LogP contribution in [0.15, 0.2) is 24.3 Å². The summed E-state index contributed by atoms with van der Waals surface area (Å²) in [6.07, 6.45) is 5.35. The molecule has 0 amide bonds. The number of thioether (sulfide) groups is 1. The second kappa shape index (κ2) is 7.34. The molecule has 1 saturated heterocycles. The predicted molar refractivity (Wildman–Crippen MR) is 85.4 cm³/mol. The summed E-state index contributed by atoms with van der Waals surface area (Å²) in [5.41, 5.74) is 0.998. The molecule has 0 radical (unpaired) electrons. The number of ether oxygens (including phenoxy) is 1. The van der Waals surface area contributed by atoms with Crippen LogP contribution in [0.2, 0.25) is 0 Å². The van der Waals surface area contributed by atoms with E-state index in [9.17, 15) is 5.11 Å². The second-order valence-corrected chi connectivity index (χ2v) is 6.67. The van der Waals surface area contributed by atoms with Crippen LogP contribution in [0, 0.1) is 0 Å². The van der Waals surface area contributed by atoms with E-state index in [1.54, 1.807) is 6.07 Å². The number of hydrogen-bond acceptors (Lipinski definition) is 4. The highest BCUT2D eigenvalue weighted by atomic mass is 32.2. The molecular formula is C16H25NO2S. The maximum absolute atomic E-state index is 10.0. The van der Waals surface area contributed by atoms with Crippen LogP contribution in [-0.4, -0.2) is 35.9 Å². The van der Waals surface area contributed by atoms with E-state index < -0.39 is 0 Å². The Morgan fingerprint density at radius 2 is 2.05 bits per heavy atom. The highest BCUT2D eigenvalue weighted by Gasteiger charge is 2.32. The number of benzene rings is 1. The van der Waals surface area contributed by atoms with Crippen molar-refractivity contribution in [2.45, 2.75) is 37.0 Å². The van der Waals surface area contributed by atoms with Crippen molar-refractivity contribution in [2.75, 3.05) is 26.0 Å². The van der Waals surface area contributed by atoms with Crippen LogP contribution in [0.4, 0.5) is 0 Å². The lowest BCUT2D eigenvalue weighted by Crippen LogP contribution is -2.43. The molecule has 1 unspecified atom stereocenters. The SMILES string of the molecule is CCC(NCC1(SC)CCOCC1)c1ccccc1O. The lowest BCUT2D eigenvalue weighted by molar-refractivity contribution is 0.0764. The van der Waals surface area contributed by atoms with Gasteiger partial charge in [-0.25, -0.2) is 0 Å². The van der Waals surface area contributed by atoms with Gasteiger partial charge in [-0.15, -0.1) is 0 Å². The van der Waals surface area contributed by atoms with Gasteiger partial charge in [0.25, 0.3) is 0 Å². The number of rotatable bonds is 6. The van der Waals surface area contributed by atoms with E-state index in [4.69, 9.17) is 4.74 Å². The third-order valence-corrected chi connectivity index (χ3v) is 5.65. The summed E-state index contributed by atoms with van der Waals surface area (Å²) < 4.78 is 5.76. The molecule has 1 atom stereocenters. The van der Waals surface area contributed by atoms with Crippen molar-refractivity contribution in [1.82, 2.24) is 5.32 Å². The zero-order valence-corrected chi connectivity index (χ0v) is 13.2. The fourth-order valence-electron chi connectivity index (χ4n) is 2.76. The van der Waals surface area contributed by atoms with Gasteiger partial charge in [0.1, 0.15) is 5.75 Å². The first-order valence-electron chi connectivity index (χ1n) is 7.35. The monoisotopic (exact) mass is 295 g/mol. The first-order valence-corrected chi connectivity index (χ1v) is 8.57. The van der Waals surface area contributed by atoms with E-state index in [0.717, 1.165) is 44.6 Å². The number of phenols is 1. The van der Waals surface area contributed by atoms with Crippen LogP contribution < -0.4 is 5.32 Å². The summed E-state index contributed by atoms with van der Waals surface area (Å²) in [6.45, 7) is 4.83. The molecule has 0 spiro atoms. The van der Waals surface area contributed by atoms with Gasteiger partial charge in [-0.2, -0.15) is 11.8 Å². The summed E-state index contributed by atoms with van der Waals surface area (Å²) in [7, 11) is 0. The second-order valence-electron chi connectivity index (χ2n) is 5.40. The smallest absolute Gasteiger partial charge is 0.120 e. The van der Waals surface area contributed by atoms with Crippen molar-refractivity contribution in [3.8, 4) is 5.75 Å². The number of phenolic OH excluding ortho intramolecular Hbond substituents is 1. The van der Waals surface area contributed by atoms with Crippen molar-refractivity contribution >= 4 is 11.8 Å². The minimum atomic E-state index is 0.211. The van der Waals surface area contributed by atoms with E-state index in [1.165, 1.54) is 0 Å². The molecule has 2 rings (SSSR count). The van der Waals surface area contributed by atoms with Crippen LogP contribution >= 0.6 is 11.8 Å². The molecule has 112 valence electrons. The van der Waals surface area contributed by atoms with Crippen molar-refractivity contribution < 1.29 is 9.84 Å². The van der Waals surface area contributed by atoms with Crippen molar-refractivity contribution in [2.24, 2.45) is 0 Å². The Hall–Kier alpha value is -0.710. The molecule has 1 heterocycles. The Morgan fingerprint density at radius 1 is 1.35 bits per heavy atom. The molecule has 0 aromatic heterocycles. The molecule has 1 aliphatic heterocycles. The van der Waals surface area contributed by atoms with Crippen molar-refractivity contribution in [3.63, 3.8) is 0 Å². The molecule has 20 heavy (non-hydrogen) atoms. The van der Waals surface area contributed by atoms with Crippen molar-refractivity contribution in [1.29, 1.82) is 0 Å². The lowest BCUT2D eigenvalue weighted by Gasteiger charge is -2.37. The highest BCUT2D eigenvalue weighted by molar-refractivity contribution is 8.00. The summed E-state index contributed by atoms with van der Waals surface area (Å²) in [5, 5.41) is 13.7. The fraction of sp³-hybridized carbons (Fsp3) is 0.625. The van der Waals surface area contributed by atoms with Crippen LogP contribution in [0.25, 0.3) is 0 Å². The van der Waals surface area contributed by atoms with E-state index in [2.05, 4.69) is 18.5 Å². The molecule has 1 aromatic rings.